The molecule has 0 unspecified atom stereocenters. The summed E-state index contributed by atoms with van der Waals surface area (Å²) in [7, 11) is -2.67. The Kier molecular flexibility index (Phi) is 5.14. The zero-order valence-corrected chi connectivity index (χ0v) is 14.5. The first-order chi connectivity index (χ1) is 11.3. The van der Waals surface area contributed by atoms with E-state index in [1.54, 1.807) is 0 Å². The number of carbonyl (C=O) groups is 1. The smallest absolute Gasteiger partial charge is 0.335 e. The summed E-state index contributed by atoms with van der Waals surface area (Å²) in [4.78, 5) is 10.9. The summed E-state index contributed by atoms with van der Waals surface area (Å²) in [6, 6.07) is 9.23. The van der Waals surface area contributed by atoms with Gasteiger partial charge in [-0.05, 0) is 42.7 Å². The number of ether oxygens (including phenoxy) is 1. The second-order valence-electron chi connectivity index (χ2n) is 5.24. The molecule has 7 heteroatoms. The van der Waals surface area contributed by atoms with Crippen molar-refractivity contribution >= 4 is 21.7 Å². The fourth-order valence-electron chi connectivity index (χ4n) is 2.38. The van der Waals surface area contributed by atoms with Crippen LogP contribution in [0.15, 0.2) is 41.3 Å². The van der Waals surface area contributed by atoms with Gasteiger partial charge in [0.05, 0.1) is 18.4 Å². The van der Waals surface area contributed by atoms with Crippen LogP contribution in [0, 0.1) is 6.92 Å². The highest BCUT2D eigenvalue weighted by atomic mass is 32.2. The fourth-order valence-corrected chi connectivity index (χ4v) is 3.75. The molecule has 0 saturated heterocycles. The molecule has 0 heterocycles. The SMILES string of the molecule is CCc1cccc(C)c1NS(=O)(=O)c1cc(C(=O)O)ccc1OC. The van der Waals surface area contributed by atoms with Crippen molar-refractivity contribution < 1.29 is 23.1 Å². The lowest BCUT2D eigenvalue weighted by molar-refractivity contribution is 0.0696. The Labute approximate surface area is 141 Å². The number of hydrogen-bond donors (Lipinski definition) is 2. The van der Waals surface area contributed by atoms with E-state index >= 15 is 0 Å². The fraction of sp³-hybridized carbons (Fsp3) is 0.235. The molecule has 0 saturated carbocycles. The predicted molar refractivity (Wildman–Crippen MR) is 91.3 cm³/mol. The van der Waals surface area contributed by atoms with Crippen LogP contribution < -0.4 is 9.46 Å². The van der Waals surface area contributed by atoms with Gasteiger partial charge in [-0.1, -0.05) is 25.1 Å². The first-order valence-corrected chi connectivity index (χ1v) is 8.81. The molecular weight excluding hydrogens is 330 g/mol. The zero-order valence-electron chi connectivity index (χ0n) is 13.7. The summed E-state index contributed by atoms with van der Waals surface area (Å²) in [5.74, 6) is -1.13. The number of para-hydroxylation sites is 1. The molecule has 2 N–H and O–H groups in total. The average molecular weight is 349 g/mol. The number of carboxylic acid groups (broad SMARTS) is 1. The molecule has 0 radical (unpaired) electrons. The Morgan fingerprint density at radius 3 is 2.54 bits per heavy atom. The lowest BCUT2D eigenvalue weighted by atomic mass is 10.1. The van der Waals surface area contributed by atoms with Crippen LogP contribution in [-0.4, -0.2) is 26.6 Å². The van der Waals surface area contributed by atoms with E-state index in [2.05, 4.69) is 4.72 Å². The van der Waals surface area contributed by atoms with E-state index in [-0.39, 0.29) is 16.2 Å². The van der Waals surface area contributed by atoms with Crippen LogP contribution in [0.25, 0.3) is 0 Å². The molecule has 24 heavy (non-hydrogen) atoms. The molecule has 0 amide bonds. The molecule has 0 spiro atoms. The quantitative estimate of drug-likeness (QED) is 0.836. The van der Waals surface area contributed by atoms with Crippen LogP contribution in [0.1, 0.15) is 28.4 Å². The topological polar surface area (TPSA) is 92.7 Å². The number of methoxy groups -OCH3 is 1. The largest absolute Gasteiger partial charge is 0.495 e. The van der Waals surface area contributed by atoms with Crippen molar-refractivity contribution in [2.75, 3.05) is 11.8 Å². The van der Waals surface area contributed by atoms with Crippen molar-refractivity contribution in [2.24, 2.45) is 0 Å². The molecule has 0 aromatic heterocycles. The minimum Gasteiger partial charge on any atom is -0.495 e. The summed E-state index contributed by atoms with van der Waals surface area (Å²) >= 11 is 0. The third-order valence-corrected chi connectivity index (χ3v) is 5.05. The van der Waals surface area contributed by atoms with Gasteiger partial charge < -0.3 is 9.84 Å². The third kappa shape index (κ3) is 3.51. The van der Waals surface area contributed by atoms with Gasteiger partial charge >= 0.3 is 5.97 Å². The van der Waals surface area contributed by atoms with Crippen LogP contribution in [0.5, 0.6) is 5.75 Å². The summed E-state index contributed by atoms with van der Waals surface area (Å²) in [5, 5.41) is 9.10. The summed E-state index contributed by atoms with van der Waals surface area (Å²) in [5.41, 5.74) is 2.01. The van der Waals surface area contributed by atoms with Crippen LogP contribution >= 0.6 is 0 Å². The lowest BCUT2D eigenvalue weighted by Crippen LogP contribution is -2.17. The van der Waals surface area contributed by atoms with Crippen LogP contribution in [0.3, 0.4) is 0 Å². The summed E-state index contributed by atoms with van der Waals surface area (Å²) < 4.78 is 33.2. The second-order valence-corrected chi connectivity index (χ2v) is 6.89. The van der Waals surface area contributed by atoms with E-state index in [0.717, 1.165) is 17.2 Å². The Morgan fingerprint density at radius 1 is 1.25 bits per heavy atom. The van der Waals surface area contributed by atoms with Gasteiger partial charge in [0.25, 0.3) is 10.0 Å². The van der Waals surface area contributed by atoms with Gasteiger partial charge in [0, 0.05) is 0 Å². The highest BCUT2D eigenvalue weighted by molar-refractivity contribution is 7.92. The van der Waals surface area contributed by atoms with Crippen molar-refractivity contribution in [1.82, 2.24) is 0 Å². The first-order valence-electron chi connectivity index (χ1n) is 7.32. The first kappa shape index (κ1) is 17.8. The van der Waals surface area contributed by atoms with Crippen molar-refractivity contribution in [3.63, 3.8) is 0 Å². The normalized spacial score (nSPS) is 11.1. The Morgan fingerprint density at radius 2 is 1.96 bits per heavy atom. The Balaban J connectivity index is 2.56. The molecule has 128 valence electrons. The highest BCUT2D eigenvalue weighted by Gasteiger charge is 2.23. The second kappa shape index (κ2) is 6.92. The maximum Gasteiger partial charge on any atom is 0.335 e. The Bertz CT molecular complexity index is 875. The zero-order chi connectivity index (χ0) is 17.9. The molecule has 0 atom stereocenters. The minimum atomic E-state index is -4.01. The average Bonchev–Trinajstić information content (AvgIpc) is 2.55. The summed E-state index contributed by atoms with van der Waals surface area (Å²) in [6.45, 7) is 3.74. The molecule has 0 aliphatic heterocycles. The van der Waals surface area contributed by atoms with Crippen molar-refractivity contribution in [3.8, 4) is 5.75 Å². The summed E-state index contributed by atoms with van der Waals surface area (Å²) in [6.07, 6.45) is 0.659. The van der Waals surface area contributed by atoms with Gasteiger partial charge in [0.1, 0.15) is 10.6 Å². The Hall–Kier alpha value is -2.54. The van der Waals surface area contributed by atoms with Crippen LogP contribution in [0.2, 0.25) is 0 Å². The standard InChI is InChI=1S/C17H19NO5S/c1-4-12-7-5-6-11(2)16(12)18-24(21,22)15-10-13(17(19)20)8-9-14(15)23-3/h5-10,18H,4H2,1-3H3,(H,19,20). The number of hydrogen-bond acceptors (Lipinski definition) is 4. The molecule has 6 nitrogen and oxygen atoms in total. The number of carboxylic acids is 1. The maximum absolute atomic E-state index is 12.8. The molecule has 0 fully saturated rings. The molecular formula is C17H19NO5S. The number of nitrogens with one attached hydrogen (secondary N) is 1. The van der Waals surface area contributed by atoms with Gasteiger partial charge in [0.2, 0.25) is 0 Å². The van der Waals surface area contributed by atoms with Crippen molar-refractivity contribution in [3.05, 3.63) is 53.1 Å². The van der Waals surface area contributed by atoms with E-state index in [1.807, 2.05) is 32.0 Å². The van der Waals surface area contributed by atoms with E-state index < -0.39 is 16.0 Å². The molecule has 2 aromatic rings. The van der Waals surface area contributed by atoms with Gasteiger partial charge in [-0.25, -0.2) is 13.2 Å². The van der Waals surface area contributed by atoms with Gasteiger partial charge in [-0.3, -0.25) is 4.72 Å². The third-order valence-electron chi connectivity index (χ3n) is 3.68. The molecule has 0 aliphatic carbocycles. The number of aromatic carboxylic acids is 1. The number of aryl methyl sites for hydroxylation is 2. The molecule has 2 rings (SSSR count). The van der Waals surface area contributed by atoms with E-state index in [1.165, 1.54) is 19.2 Å². The van der Waals surface area contributed by atoms with Crippen LogP contribution in [0.4, 0.5) is 5.69 Å². The number of sulfonamides is 1. The predicted octanol–water partition coefficient (Wildman–Crippen LogP) is 3.07. The number of benzene rings is 2. The van der Waals surface area contributed by atoms with E-state index in [9.17, 15) is 13.2 Å². The van der Waals surface area contributed by atoms with Gasteiger partial charge in [-0.15, -0.1) is 0 Å². The van der Waals surface area contributed by atoms with E-state index in [4.69, 9.17) is 9.84 Å². The molecule has 0 bridgehead atoms. The lowest BCUT2D eigenvalue weighted by Gasteiger charge is -2.16. The van der Waals surface area contributed by atoms with Crippen molar-refractivity contribution in [1.29, 1.82) is 0 Å². The molecule has 2 aromatic carbocycles. The molecule has 0 aliphatic rings. The van der Waals surface area contributed by atoms with E-state index in [0.29, 0.717) is 12.1 Å². The highest BCUT2D eigenvalue weighted by Crippen LogP contribution is 2.29. The number of anilines is 1. The van der Waals surface area contributed by atoms with Gasteiger partial charge in [-0.2, -0.15) is 0 Å². The minimum absolute atomic E-state index is 0.0825. The number of rotatable bonds is 6. The maximum atomic E-state index is 12.8. The van der Waals surface area contributed by atoms with Gasteiger partial charge in [0.15, 0.2) is 0 Å². The van der Waals surface area contributed by atoms with Crippen LogP contribution in [-0.2, 0) is 16.4 Å². The monoisotopic (exact) mass is 349 g/mol. The van der Waals surface area contributed by atoms with Crippen molar-refractivity contribution in [2.45, 2.75) is 25.2 Å².